The summed E-state index contributed by atoms with van der Waals surface area (Å²) in [5, 5.41) is 7.88. The maximum absolute atomic E-state index is 4.45. The summed E-state index contributed by atoms with van der Waals surface area (Å²) in [6.07, 6.45) is 9.31. The summed E-state index contributed by atoms with van der Waals surface area (Å²) in [6, 6.07) is 0.651. The molecule has 2 aromatic heterocycles. The van der Waals surface area contributed by atoms with Gasteiger partial charge in [-0.2, -0.15) is 11.3 Å². The van der Waals surface area contributed by atoms with Gasteiger partial charge in [-0.1, -0.05) is 12.8 Å². The summed E-state index contributed by atoms with van der Waals surface area (Å²) in [7, 11) is 0. The first-order chi connectivity index (χ1) is 8.84. The van der Waals surface area contributed by atoms with Gasteiger partial charge in [0.25, 0.3) is 0 Å². The third-order valence-corrected chi connectivity index (χ3v) is 4.70. The first kappa shape index (κ1) is 11.8. The van der Waals surface area contributed by atoms with Crippen molar-refractivity contribution in [1.82, 2.24) is 9.55 Å². The van der Waals surface area contributed by atoms with Crippen LogP contribution in [0.2, 0.25) is 0 Å². The summed E-state index contributed by atoms with van der Waals surface area (Å²) >= 11 is 1.77. The highest BCUT2D eigenvalue weighted by atomic mass is 32.1. The van der Waals surface area contributed by atoms with Crippen LogP contribution < -0.4 is 5.32 Å². The average molecular weight is 261 g/mol. The van der Waals surface area contributed by atoms with E-state index in [1.807, 2.05) is 6.20 Å². The second-order valence-electron chi connectivity index (χ2n) is 5.03. The maximum Gasteiger partial charge on any atom is 0.203 e. The van der Waals surface area contributed by atoms with Gasteiger partial charge in [-0.25, -0.2) is 4.98 Å². The van der Waals surface area contributed by atoms with Crippen molar-refractivity contribution in [3.63, 3.8) is 0 Å². The molecule has 1 saturated carbocycles. The molecule has 1 aliphatic rings. The number of anilines is 1. The zero-order valence-corrected chi connectivity index (χ0v) is 11.5. The molecule has 0 saturated heterocycles. The van der Waals surface area contributed by atoms with E-state index in [-0.39, 0.29) is 0 Å². The summed E-state index contributed by atoms with van der Waals surface area (Å²) < 4.78 is 2.31. The molecule has 1 aliphatic carbocycles. The van der Waals surface area contributed by atoms with E-state index in [0.717, 1.165) is 12.5 Å². The van der Waals surface area contributed by atoms with Gasteiger partial charge in [0.05, 0.1) is 0 Å². The zero-order valence-electron chi connectivity index (χ0n) is 10.7. The highest BCUT2D eigenvalue weighted by molar-refractivity contribution is 7.08. The molecule has 4 heteroatoms. The first-order valence-electron chi connectivity index (χ1n) is 6.63. The van der Waals surface area contributed by atoms with Gasteiger partial charge in [0.1, 0.15) is 0 Å². The second kappa shape index (κ2) is 5.14. The molecule has 0 aromatic carbocycles. The minimum absolute atomic E-state index is 0.651. The molecule has 3 rings (SSSR count). The quantitative estimate of drug-likeness (QED) is 0.902. The molecule has 0 amide bonds. The van der Waals surface area contributed by atoms with E-state index in [2.05, 4.69) is 38.7 Å². The Hall–Kier alpha value is -1.29. The number of aryl methyl sites for hydroxylation is 1. The van der Waals surface area contributed by atoms with Crippen LogP contribution in [0.1, 0.15) is 42.9 Å². The molecule has 2 aromatic rings. The van der Waals surface area contributed by atoms with Crippen molar-refractivity contribution < 1.29 is 0 Å². The fourth-order valence-corrected chi connectivity index (χ4v) is 3.53. The number of hydrogen-bond acceptors (Lipinski definition) is 3. The van der Waals surface area contributed by atoms with Gasteiger partial charge in [-0.05, 0) is 41.7 Å². The highest BCUT2D eigenvalue weighted by Crippen LogP contribution is 2.31. The predicted octanol–water partition coefficient (Wildman–Crippen LogP) is 3.98. The van der Waals surface area contributed by atoms with Gasteiger partial charge in [0.15, 0.2) is 0 Å². The molecule has 0 atom stereocenters. The lowest BCUT2D eigenvalue weighted by molar-refractivity contribution is 0.523. The van der Waals surface area contributed by atoms with E-state index in [9.17, 15) is 0 Å². The molecule has 0 unspecified atom stereocenters. The molecular formula is C14H19N3S. The molecule has 0 aliphatic heterocycles. The van der Waals surface area contributed by atoms with Crippen molar-refractivity contribution in [3.05, 3.63) is 34.3 Å². The SMILES string of the molecule is Cc1cscc1CNc1nccn1C1CCCC1. The topological polar surface area (TPSA) is 29.9 Å². The van der Waals surface area contributed by atoms with Crippen LogP contribution in [0, 0.1) is 6.92 Å². The molecule has 0 radical (unpaired) electrons. The molecule has 2 heterocycles. The van der Waals surface area contributed by atoms with Crippen molar-refractivity contribution in [1.29, 1.82) is 0 Å². The number of imidazole rings is 1. The van der Waals surface area contributed by atoms with Gasteiger partial charge in [-0.15, -0.1) is 0 Å². The van der Waals surface area contributed by atoms with Crippen LogP contribution in [0.3, 0.4) is 0 Å². The van der Waals surface area contributed by atoms with Crippen molar-refractivity contribution in [2.24, 2.45) is 0 Å². The normalized spacial score (nSPS) is 16.3. The van der Waals surface area contributed by atoms with E-state index < -0.39 is 0 Å². The van der Waals surface area contributed by atoms with E-state index in [1.165, 1.54) is 36.8 Å². The third-order valence-electron chi connectivity index (χ3n) is 3.79. The number of nitrogens with zero attached hydrogens (tertiary/aromatic N) is 2. The van der Waals surface area contributed by atoms with E-state index in [4.69, 9.17) is 0 Å². The lowest BCUT2D eigenvalue weighted by Gasteiger charge is -2.15. The predicted molar refractivity (Wildman–Crippen MR) is 76.1 cm³/mol. The minimum atomic E-state index is 0.651. The van der Waals surface area contributed by atoms with Crippen LogP contribution in [0.4, 0.5) is 5.95 Å². The Labute approximate surface area is 112 Å². The fourth-order valence-electron chi connectivity index (χ4n) is 2.67. The van der Waals surface area contributed by atoms with Gasteiger partial charge >= 0.3 is 0 Å². The molecule has 18 heavy (non-hydrogen) atoms. The van der Waals surface area contributed by atoms with Gasteiger partial charge in [0, 0.05) is 25.0 Å². The van der Waals surface area contributed by atoms with Crippen LogP contribution in [0.5, 0.6) is 0 Å². The van der Waals surface area contributed by atoms with Crippen molar-refractivity contribution in [3.8, 4) is 0 Å². The Morgan fingerprint density at radius 1 is 1.39 bits per heavy atom. The van der Waals surface area contributed by atoms with Crippen molar-refractivity contribution in [2.45, 2.75) is 45.2 Å². The molecule has 0 bridgehead atoms. The number of nitrogens with one attached hydrogen (secondary N) is 1. The summed E-state index contributed by atoms with van der Waals surface area (Å²) in [5.74, 6) is 1.02. The van der Waals surface area contributed by atoms with E-state index in [1.54, 1.807) is 11.3 Å². The molecule has 96 valence electrons. The Balaban J connectivity index is 1.69. The molecule has 3 nitrogen and oxygen atoms in total. The Morgan fingerprint density at radius 3 is 2.94 bits per heavy atom. The van der Waals surface area contributed by atoms with Crippen molar-refractivity contribution >= 4 is 17.3 Å². The largest absolute Gasteiger partial charge is 0.352 e. The number of hydrogen-bond donors (Lipinski definition) is 1. The fraction of sp³-hybridized carbons (Fsp3) is 0.500. The average Bonchev–Trinajstić information content (AvgIpc) is 3.07. The Bertz CT molecular complexity index is 509. The maximum atomic E-state index is 4.45. The van der Waals surface area contributed by atoms with Crippen LogP contribution in [-0.2, 0) is 6.54 Å². The minimum Gasteiger partial charge on any atom is -0.352 e. The van der Waals surface area contributed by atoms with Gasteiger partial charge in [-0.3, -0.25) is 0 Å². The van der Waals surface area contributed by atoms with Gasteiger partial charge in [0.2, 0.25) is 5.95 Å². The molecular weight excluding hydrogens is 242 g/mol. The van der Waals surface area contributed by atoms with E-state index in [0.29, 0.717) is 6.04 Å². The number of aromatic nitrogens is 2. The molecule has 0 spiro atoms. The van der Waals surface area contributed by atoms with Crippen LogP contribution in [-0.4, -0.2) is 9.55 Å². The van der Waals surface area contributed by atoms with E-state index >= 15 is 0 Å². The third kappa shape index (κ3) is 2.29. The second-order valence-corrected chi connectivity index (χ2v) is 5.77. The Morgan fingerprint density at radius 2 is 2.22 bits per heavy atom. The lowest BCUT2D eigenvalue weighted by Crippen LogP contribution is -2.10. The first-order valence-corrected chi connectivity index (χ1v) is 7.57. The number of rotatable bonds is 4. The van der Waals surface area contributed by atoms with Crippen molar-refractivity contribution in [2.75, 3.05) is 5.32 Å². The zero-order chi connectivity index (χ0) is 12.4. The van der Waals surface area contributed by atoms with Crippen LogP contribution in [0.15, 0.2) is 23.2 Å². The summed E-state index contributed by atoms with van der Waals surface area (Å²) in [6.45, 7) is 3.04. The molecule has 1 N–H and O–H groups in total. The van der Waals surface area contributed by atoms with Crippen LogP contribution >= 0.6 is 11.3 Å². The Kier molecular flexibility index (Phi) is 3.37. The molecule has 1 fully saturated rings. The van der Waals surface area contributed by atoms with Crippen LogP contribution in [0.25, 0.3) is 0 Å². The van der Waals surface area contributed by atoms with Gasteiger partial charge < -0.3 is 9.88 Å². The monoisotopic (exact) mass is 261 g/mol. The smallest absolute Gasteiger partial charge is 0.203 e. The lowest BCUT2D eigenvalue weighted by atomic mass is 10.2. The summed E-state index contributed by atoms with van der Waals surface area (Å²) in [5.41, 5.74) is 2.74. The summed E-state index contributed by atoms with van der Waals surface area (Å²) in [4.78, 5) is 4.45. The standard InChI is InChI=1S/C14H19N3S/c1-11-9-18-10-12(11)8-16-14-15-6-7-17(14)13-4-2-3-5-13/h6-7,9-10,13H,2-5,8H2,1H3,(H,15,16). The highest BCUT2D eigenvalue weighted by Gasteiger charge is 2.18. The number of thiophene rings is 1.